The van der Waals surface area contributed by atoms with E-state index < -0.39 is 51.7 Å². The Morgan fingerprint density at radius 1 is 1.18 bits per heavy atom. The third-order valence-corrected chi connectivity index (χ3v) is 5.29. The minimum Gasteiger partial charge on any atom is -0.545 e. The smallest absolute Gasteiger partial charge is 0.418 e. The Kier molecular flexibility index (Phi) is 5.32. The van der Waals surface area contributed by atoms with Crippen LogP contribution in [0.2, 0.25) is 5.02 Å². The molecule has 0 bridgehead atoms. The van der Waals surface area contributed by atoms with Gasteiger partial charge in [-0.05, 0) is 29.8 Å². The van der Waals surface area contributed by atoms with Gasteiger partial charge in [0.1, 0.15) is 5.52 Å². The maximum absolute atomic E-state index is 13.5. The summed E-state index contributed by atoms with van der Waals surface area (Å²) in [5, 5.41) is 18.7. The molecule has 0 aliphatic heterocycles. The second-order valence-corrected chi connectivity index (χ2v) is 7.44. The number of aromatic nitrogens is 5. The predicted molar refractivity (Wildman–Crippen MR) is 108 cm³/mol. The van der Waals surface area contributed by atoms with Crippen LogP contribution in [-0.2, 0) is 19.8 Å². The Morgan fingerprint density at radius 3 is 2.58 bits per heavy atom. The molecule has 2 aromatic carbocycles. The number of fused-ring (bicyclic) bond motifs is 1. The molecule has 0 amide bonds. The number of hydrogen-bond donors (Lipinski definition) is 0. The summed E-state index contributed by atoms with van der Waals surface area (Å²) in [5.74, 6) is -1.90. The average molecular weight is 479 g/mol. The first-order chi connectivity index (χ1) is 15.5. The molecule has 2 aromatic heterocycles. The van der Waals surface area contributed by atoms with Crippen LogP contribution in [0.25, 0.3) is 16.7 Å². The molecule has 0 N–H and O–H groups in total. The topological polar surface area (TPSA) is 115 Å². The van der Waals surface area contributed by atoms with Crippen LogP contribution in [0.5, 0.6) is 0 Å². The van der Waals surface area contributed by atoms with E-state index in [2.05, 4.69) is 10.3 Å². The van der Waals surface area contributed by atoms with Gasteiger partial charge in [-0.25, -0.2) is 9.48 Å². The summed E-state index contributed by atoms with van der Waals surface area (Å²) >= 11 is 5.72. The highest BCUT2D eigenvalue weighted by Crippen LogP contribution is 2.37. The van der Waals surface area contributed by atoms with Crippen molar-refractivity contribution in [2.45, 2.75) is 12.7 Å². The number of carboxylic acids is 1. The first-order valence-corrected chi connectivity index (χ1v) is 9.59. The molecule has 2 heterocycles. The number of carbonyl (C=O) groups is 1. The van der Waals surface area contributed by atoms with Gasteiger partial charge in [0.2, 0.25) is 0 Å². The van der Waals surface area contributed by atoms with Gasteiger partial charge in [-0.2, -0.15) is 13.2 Å². The number of rotatable bonds is 4. The molecule has 0 aliphatic rings. The van der Waals surface area contributed by atoms with E-state index >= 15 is 0 Å². The van der Waals surface area contributed by atoms with Gasteiger partial charge in [0.05, 0.1) is 39.9 Å². The molecule has 4 rings (SSSR count). The van der Waals surface area contributed by atoms with Gasteiger partial charge in [0.25, 0.3) is 5.56 Å². The van der Waals surface area contributed by atoms with E-state index in [1.807, 2.05) is 0 Å². The molecule has 170 valence electrons. The number of carboxylic acid groups (broad SMARTS) is 1. The lowest BCUT2D eigenvalue weighted by Crippen LogP contribution is -2.44. The Hall–Kier alpha value is -3.93. The maximum atomic E-state index is 13.5. The molecule has 0 unspecified atom stereocenters. The lowest BCUT2D eigenvalue weighted by molar-refractivity contribution is -0.255. The zero-order valence-corrected chi connectivity index (χ0v) is 17.4. The van der Waals surface area contributed by atoms with Gasteiger partial charge < -0.3 is 9.90 Å². The van der Waals surface area contributed by atoms with E-state index in [1.54, 1.807) is 13.1 Å². The molecular formula is C20H12ClF3N5O4-. The summed E-state index contributed by atoms with van der Waals surface area (Å²) in [7, 11) is 1.64. The Morgan fingerprint density at radius 2 is 1.91 bits per heavy atom. The fourth-order valence-corrected chi connectivity index (χ4v) is 3.73. The second kappa shape index (κ2) is 7.89. The molecule has 33 heavy (non-hydrogen) atoms. The van der Waals surface area contributed by atoms with Crippen LogP contribution in [0.15, 0.2) is 52.2 Å². The molecule has 13 heteroatoms. The third kappa shape index (κ3) is 3.89. The normalized spacial score (nSPS) is 11.8. The zero-order valence-electron chi connectivity index (χ0n) is 16.6. The monoisotopic (exact) mass is 478 g/mol. The SMILES string of the molecule is Cn1nnc2cc(-n3cc(C(=O)[O-])c(=O)n(Cc4cccc(Cl)c4C(F)(F)F)c3=O)ccc21. The predicted octanol–water partition coefficient (Wildman–Crippen LogP) is 1.36. The van der Waals surface area contributed by atoms with E-state index in [0.29, 0.717) is 15.6 Å². The van der Waals surface area contributed by atoms with Crippen molar-refractivity contribution in [2.24, 2.45) is 7.05 Å². The summed E-state index contributed by atoms with van der Waals surface area (Å²) in [6.45, 7) is -0.873. The first-order valence-electron chi connectivity index (χ1n) is 9.21. The summed E-state index contributed by atoms with van der Waals surface area (Å²) < 4.78 is 43.3. The van der Waals surface area contributed by atoms with E-state index in [-0.39, 0.29) is 5.69 Å². The van der Waals surface area contributed by atoms with Crippen molar-refractivity contribution in [1.29, 1.82) is 0 Å². The molecule has 0 atom stereocenters. The Labute approximate surface area is 186 Å². The van der Waals surface area contributed by atoms with Gasteiger partial charge in [0, 0.05) is 13.2 Å². The number of hydrogen-bond acceptors (Lipinski definition) is 6. The van der Waals surface area contributed by atoms with Crippen molar-refractivity contribution in [3.63, 3.8) is 0 Å². The van der Waals surface area contributed by atoms with E-state index in [9.17, 15) is 32.7 Å². The third-order valence-electron chi connectivity index (χ3n) is 4.97. The standard InChI is InChI=1S/C20H13ClF3N5O4/c1-27-15-6-5-11(7-14(15)25-26-27)28-9-12(18(31)32)17(30)29(19(28)33)8-10-3-2-4-13(21)16(10)20(22,23)24/h2-7,9H,8H2,1H3,(H,31,32)/p-1. The molecular weight excluding hydrogens is 467 g/mol. The highest BCUT2D eigenvalue weighted by molar-refractivity contribution is 6.31. The number of halogens is 4. The van der Waals surface area contributed by atoms with Crippen molar-refractivity contribution in [2.75, 3.05) is 0 Å². The summed E-state index contributed by atoms with van der Waals surface area (Å²) in [6.07, 6.45) is -4.12. The van der Waals surface area contributed by atoms with Gasteiger partial charge in [-0.3, -0.25) is 13.9 Å². The fourth-order valence-electron chi connectivity index (χ4n) is 3.43. The van der Waals surface area contributed by atoms with Crippen molar-refractivity contribution >= 4 is 28.6 Å². The van der Waals surface area contributed by atoms with Crippen LogP contribution in [-0.4, -0.2) is 30.1 Å². The molecule has 0 spiro atoms. The number of benzene rings is 2. The average Bonchev–Trinajstić information content (AvgIpc) is 3.10. The van der Waals surface area contributed by atoms with Crippen LogP contribution in [0.4, 0.5) is 13.2 Å². The fraction of sp³-hybridized carbons (Fsp3) is 0.150. The van der Waals surface area contributed by atoms with E-state index in [4.69, 9.17) is 11.6 Å². The van der Waals surface area contributed by atoms with Gasteiger partial charge in [-0.15, -0.1) is 5.10 Å². The minimum atomic E-state index is -4.88. The van der Waals surface area contributed by atoms with Crippen molar-refractivity contribution in [3.8, 4) is 5.69 Å². The number of alkyl halides is 3. The number of nitrogens with zero attached hydrogens (tertiary/aromatic N) is 5. The molecule has 0 radical (unpaired) electrons. The summed E-state index contributed by atoms with van der Waals surface area (Å²) in [6, 6.07) is 7.70. The summed E-state index contributed by atoms with van der Waals surface area (Å²) in [4.78, 5) is 37.3. The van der Waals surface area contributed by atoms with Crippen LogP contribution in [0.3, 0.4) is 0 Å². The summed E-state index contributed by atoms with van der Waals surface area (Å²) in [5.41, 5.74) is -3.93. The van der Waals surface area contributed by atoms with Crippen molar-refractivity contribution in [1.82, 2.24) is 24.1 Å². The zero-order chi connectivity index (χ0) is 24.1. The van der Waals surface area contributed by atoms with Crippen LogP contribution in [0, 0.1) is 0 Å². The van der Waals surface area contributed by atoms with E-state index in [1.165, 1.54) is 22.9 Å². The van der Waals surface area contributed by atoms with Gasteiger partial charge >= 0.3 is 11.9 Å². The quantitative estimate of drug-likeness (QED) is 0.437. The van der Waals surface area contributed by atoms with Crippen molar-refractivity contribution in [3.05, 3.63) is 85.1 Å². The van der Waals surface area contributed by atoms with Crippen LogP contribution >= 0.6 is 11.6 Å². The van der Waals surface area contributed by atoms with Gasteiger partial charge in [0.15, 0.2) is 0 Å². The molecule has 0 aliphatic carbocycles. The molecule has 0 fully saturated rings. The van der Waals surface area contributed by atoms with E-state index in [0.717, 1.165) is 22.9 Å². The Bertz CT molecular complexity index is 1540. The largest absolute Gasteiger partial charge is 0.545 e. The molecule has 9 nitrogen and oxygen atoms in total. The van der Waals surface area contributed by atoms with Crippen LogP contribution < -0.4 is 16.4 Å². The minimum absolute atomic E-state index is 0.117. The Balaban J connectivity index is 1.96. The lowest BCUT2D eigenvalue weighted by atomic mass is 10.1. The van der Waals surface area contributed by atoms with Crippen molar-refractivity contribution < 1.29 is 23.1 Å². The number of carbonyl (C=O) groups excluding carboxylic acids is 1. The van der Waals surface area contributed by atoms with Crippen LogP contribution in [0.1, 0.15) is 21.5 Å². The van der Waals surface area contributed by atoms with Gasteiger partial charge in [-0.1, -0.05) is 28.9 Å². The maximum Gasteiger partial charge on any atom is 0.418 e. The lowest BCUT2D eigenvalue weighted by Gasteiger charge is -2.17. The molecule has 0 saturated heterocycles. The molecule has 0 saturated carbocycles. The number of aryl methyl sites for hydroxylation is 1. The number of aromatic carboxylic acids is 1. The highest BCUT2D eigenvalue weighted by Gasteiger charge is 2.36. The molecule has 4 aromatic rings. The second-order valence-electron chi connectivity index (χ2n) is 7.03. The highest BCUT2D eigenvalue weighted by atomic mass is 35.5. The first kappa shape index (κ1) is 22.3.